The second kappa shape index (κ2) is 9.73. The molecule has 0 aliphatic carbocycles. The van der Waals surface area contributed by atoms with Crippen LogP contribution in [0.5, 0.6) is 5.75 Å². The van der Waals surface area contributed by atoms with Crippen molar-refractivity contribution in [2.45, 2.75) is 25.8 Å². The Morgan fingerprint density at radius 1 is 0.931 bits per heavy atom. The van der Waals surface area contributed by atoms with Crippen molar-refractivity contribution >= 4 is 22.6 Å². The Hall–Kier alpha value is -3.34. The summed E-state index contributed by atoms with van der Waals surface area (Å²) >= 11 is 0. The van der Waals surface area contributed by atoms with Gasteiger partial charge in [-0.1, -0.05) is 61.5 Å². The number of amides is 2. The molecule has 3 aromatic rings. The van der Waals surface area contributed by atoms with Crippen LogP contribution < -0.4 is 15.4 Å². The van der Waals surface area contributed by atoms with Crippen LogP contribution >= 0.6 is 0 Å². The number of hydrogen-bond donors (Lipinski definition) is 2. The van der Waals surface area contributed by atoms with Crippen molar-refractivity contribution in [1.82, 2.24) is 10.6 Å². The molecular weight excluding hydrogens is 364 g/mol. The van der Waals surface area contributed by atoms with E-state index in [0.717, 1.165) is 34.1 Å². The highest BCUT2D eigenvalue weighted by atomic mass is 16.5. The SMILES string of the molecule is CC[C@H](NC(=O)CNC(=O)Cc1cccc2ccccc12)c1ccc(OC)cc1. The van der Waals surface area contributed by atoms with Gasteiger partial charge in [-0.15, -0.1) is 0 Å². The third-order valence-corrected chi connectivity index (χ3v) is 4.94. The van der Waals surface area contributed by atoms with Gasteiger partial charge < -0.3 is 15.4 Å². The topological polar surface area (TPSA) is 67.4 Å². The molecule has 3 rings (SSSR count). The van der Waals surface area contributed by atoms with E-state index in [1.807, 2.05) is 73.7 Å². The van der Waals surface area contributed by atoms with Crippen molar-refractivity contribution in [3.8, 4) is 5.75 Å². The third kappa shape index (κ3) is 5.35. The van der Waals surface area contributed by atoms with Gasteiger partial charge in [0, 0.05) is 0 Å². The van der Waals surface area contributed by atoms with Gasteiger partial charge in [0.1, 0.15) is 5.75 Å². The maximum atomic E-state index is 12.4. The first-order valence-corrected chi connectivity index (χ1v) is 9.77. The summed E-state index contributed by atoms with van der Waals surface area (Å²) in [6.45, 7) is 1.96. The van der Waals surface area contributed by atoms with E-state index in [-0.39, 0.29) is 30.8 Å². The number of carbonyl (C=O) groups excluding carboxylic acids is 2. The van der Waals surface area contributed by atoms with Crippen molar-refractivity contribution in [2.75, 3.05) is 13.7 Å². The van der Waals surface area contributed by atoms with Gasteiger partial charge >= 0.3 is 0 Å². The lowest BCUT2D eigenvalue weighted by Crippen LogP contribution is -2.39. The van der Waals surface area contributed by atoms with Gasteiger partial charge in [-0.2, -0.15) is 0 Å². The van der Waals surface area contributed by atoms with E-state index in [1.54, 1.807) is 7.11 Å². The predicted molar refractivity (Wildman–Crippen MR) is 115 cm³/mol. The molecule has 0 aromatic heterocycles. The van der Waals surface area contributed by atoms with E-state index in [0.29, 0.717) is 0 Å². The summed E-state index contributed by atoms with van der Waals surface area (Å²) in [5.74, 6) is 0.392. The van der Waals surface area contributed by atoms with E-state index < -0.39 is 0 Å². The summed E-state index contributed by atoms with van der Waals surface area (Å²) in [6.07, 6.45) is 0.992. The molecule has 3 aromatic carbocycles. The molecule has 0 saturated carbocycles. The molecule has 0 radical (unpaired) electrons. The summed E-state index contributed by atoms with van der Waals surface area (Å²) in [6, 6.07) is 21.4. The molecule has 0 unspecified atom stereocenters. The predicted octanol–water partition coefficient (Wildman–Crippen LogP) is 3.77. The summed E-state index contributed by atoms with van der Waals surface area (Å²) in [4.78, 5) is 24.7. The number of carbonyl (C=O) groups is 2. The van der Waals surface area contributed by atoms with Crippen LogP contribution in [-0.2, 0) is 16.0 Å². The van der Waals surface area contributed by atoms with E-state index in [4.69, 9.17) is 4.74 Å². The molecule has 2 N–H and O–H groups in total. The number of fused-ring (bicyclic) bond motifs is 1. The minimum Gasteiger partial charge on any atom is -0.497 e. The van der Waals surface area contributed by atoms with E-state index in [1.165, 1.54) is 0 Å². The molecule has 2 amide bonds. The Bertz CT molecular complexity index is 978. The molecule has 1 atom stereocenters. The second-order valence-corrected chi connectivity index (χ2v) is 6.89. The van der Waals surface area contributed by atoms with Gasteiger partial charge in [0.2, 0.25) is 11.8 Å². The fourth-order valence-electron chi connectivity index (χ4n) is 3.36. The molecule has 0 aliphatic heterocycles. The molecule has 0 bridgehead atoms. The Morgan fingerprint density at radius 2 is 1.66 bits per heavy atom. The van der Waals surface area contributed by atoms with Crippen LogP contribution in [0.1, 0.15) is 30.5 Å². The largest absolute Gasteiger partial charge is 0.497 e. The molecule has 29 heavy (non-hydrogen) atoms. The lowest BCUT2D eigenvalue weighted by molar-refractivity contribution is -0.126. The van der Waals surface area contributed by atoms with E-state index >= 15 is 0 Å². The first-order valence-electron chi connectivity index (χ1n) is 9.77. The monoisotopic (exact) mass is 390 g/mol. The van der Waals surface area contributed by atoms with E-state index in [2.05, 4.69) is 10.6 Å². The first-order chi connectivity index (χ1) is 14.1. The molecule has 5 heteroatoms. The van der Waals surface area contributed by atoms with Crippen molar-refractivity contribution in [2.24, 2.45) is 0 Å². The number of rotatable bonds is 8. The first kappa shape index (κ1) is 20.4. The average molecular weight is 390 g/mol. The van der Waals surface area contributed by atoms with Crippen LogP contribution in [0, 0.1) is 0 Å². The van der Waals surface area contributed by atoms with Gasteiger partial charge in [0.15, 0.2) is 0 Å². The number of methoxy groups -OCH3 is 1. The highest BCUT2D eigenvalue weighted by Crippen LogP contribution is 2.20. The number of ether oxygens (including phenoxy) is 1. The fraction of sp³-hybridized carbons (Fsp3) is 0.250. The van der Waals surface area contributed by atoms with Gasteiger partial charge in [-0.05, 0) is 40.5 Å². The maximum absolute atomic E-state index is 12.4. The summed E-state index contributed by atoms with van der Waals surface area (Å²) < 4.78 is 5.17. The van der Waals surface area contributed by atoms with Gasteiger partial charge in [-0.3, -0.25) is 9.59 Å². The maximum Gasteiger partial charge on any atom is 0.239 e. The van der Waals surface area contributed by atoms with Gasteiger partial charge in [0.25, 0.3) is 0 Å². The van der Waals surface area contributed by atoms with Crippen LogP contribution in [0.3, 0.4) is 0 Å². The molecule has 150 valence electrons. The van der Waals surface area contributed by atoms with Crippen LogP contribution in [0.25, 0.3) is 10.8 Å². The van der Waals surface area contributed by atoms with Crippen LogP contribution in [0.2, 0.25) is 0 Å². The minimum atomic E-state index is -0.209. The Kier molecular flexibility index (Phi) is 6.85. The smallest absolute Gasteiger partial charge is 0.239 e. The Balaban J connectivity index is 1.54. The number of hydrogen-bond acceptors (Lipinski definition) is 3. The number of nitrogens with one attached hydrogen (secondary N) is 2. The van der Waals surface area contributed by atoms with Crippen LogP contribution in [0.4, 0.5) is 0 Å². The minimum absolute atomic E-state index is 0.0454. The summed E-state index contributed by atoms with van der Waals surface area (Å²) in [5, 5.41) is 7.85. The molecule has 5 nitrogen and oxygen atoms in total. The van der Waals surface area contributed by atoms with Crippen molar-refractivity contribution in [1.29, 1.82) is 0 Å². The molecule has 0 fully saturated rings. The van der Waals surface area contributed by atoms with Crippen molar-refractivity contribution in [3.05, 3.63) is 77.9 Å². The highest BCUT2D eigenvalue weighted by molar-refractivity contribution is 5.91. The third-order valence-electron chi connectivity index (χ3n) is 4.94. The normalized spacial score (nSPS) is 11.7. The van der Waals surface area contributed by atoms with Gasteiger partial charge in [0.05, 0.1) is 26.1 Å². The van der Waals surface area contributed by atoms with Crippen molar-refractivity contribution < 1.29 is 14.3 Å². The lowest BCUT2D eigenvalue weighted by Gasteiger charge is -2.18. The summed E-state index contributed by atoms with van der Waals surface area (Å²) in [5.41, 5.74) is 1.95. The molecule has 0 aliphatic rings. The standard InChI is InChI=1S/C24H26N2O3/c1-3-22(18-11-13-20(29-2)14-12-18)26-24(28)16-25-23(27)15-19-9-6-8-17-7-4-5-10-21(17)19/h4-14,22H,3,15-16H2,1-2H3,(H,25,27)(H,26,28)/t22-/m0/s1. The quantitative estimate of drug-likeness (QED) is 0.615. The van der Waals surface area contributed by atoms with Crippen LogP contribution in [-0.4, -0.2) is 25.5 Å². The van der Waals surface area contributed by atoms with Gasteiger partial charge in [-0.25, -0.2) is 0 Å². The lowest BCUT2D eigenvalue weighted by atomic mass is 10.0. The fourth-order valence-corrected chi connectivity index (χ4v) is 3.36. The zero-order valence-corrected chi connectivity index (χ0v) is 16.8. The summed E-state index contributed by atoms with van der Waals surface area (Å²) in [7, 11) is 1.62. The van der Waals surface area contributed by atoms with Crippen LogP contribution in [0.15, 0.2) is 66.7 Å². The molecule has 0 heterocycles. The zero-order chi connectivity index (χ0) is 20.6. The number of benzene rings is 3. The molecular formula is C24H26N2O3. The average Bonchev–Trinajstić information content (AvgIpc) is 2.76. The zero-order valence-electron chi connectivity index (χ0n) is 16.8. The van der Waals surface area contributed by atoms with E-state index in [9.17, 15) is 9.59 Å². The van der Waals surface area contributed by atoms with Crippen molar-refractivity contribution in [3.63, 3.8) is 0 Å². The highest BCUT2D eigenvalue weighted by Gasteiger charge is 2.14. The Morgan fingerprint density at radius 3 is 2.38 bits per heavy atom. The Labute approximate surface area is 171 Å². The second-order valence-electron chi connectivity index (χ2n) is 6.89. The molecule has 0 saturated heterocycles. The molecule has 0 spiro atoms.